The van der Waals surface area contributed by atoms with Crippen molar-refractivity contribution in [1.29, 1.82) is 0 Å². The lowest BCUT2D eigenvalue weighted by molar-refractivity contribution is 0.382. The first-order valence-corrected chi connectivity index (χ1v) is 6.06. The maximum absolute atomic E-state index is 5.59. The smallest absolute Gasteiger partial charge is 0.217 e. The van der Waals surface area contributed by atoms with Gasteiger partial charge in [0.25, 0.3) is 0 Å². The number of hydrazine groups is 1. The van der Waals surface area contributed by atoms with E-state index in [2.05, 4.69) is 15.4 Å². The number of nitrogens with zero attached hydrogens (tertiary/aromatic N) is 2. The number of hydrogen-bond acceptors (Lipinski definition) is 6. The molecule has 0 aliphatic heterocycles. The summed E-state index contributed by atoms with van der Waals surface area (Å²) < 4.78 is 5.22. The van der Waals surface area contributed by atoms with Crippen LogP contribution in [-0.4, -0.2) is 17.1 Å². The van der Waals surface area contributed by atoms with Gasteiger partial charge in [0.2, 0.25) is 5.88 Å². The van der Waals surface area contributed by atoms with Gasteiger partial charge in [0, 0.05) is 29.8 Å². The molecule has 1 unspecified atom stereocenters. The van der Waals surface area contributed by atoms with E-state index in [0.717, 1.165) is 17.0 Å². The van der Waals surface area contributed by atoms with Crippen molar-refractivity contribution in [2.24, 2.45) is 5.84 Å². The molecule has 0 saturated heterocycles. The molecule has 0 spiro atoms. The number of hydrogen-bond donors (Lipinski definition) is 2. The summed E-state index contributed by atoms with van der Waals surface area (Å²) in [5.74, 6) is 6.18. The van der Waals surface area contributed by atoms with Crippen LogP contribution < -0.4 is 16.0 Å². The van der Waals surface area contributed by atoms with E-state index in [0.29, 0.717) is 5.88 Å². The average molecular weight is 250 g/mol. The molecule has 2 aromatic rings. The number of ether oxygens (including phenoxy) is 1. The summed E-state index contributed by atoms with van der Waals surface area (Å²) in [6, 6.07) is 3.76. The van der Waals surface area contributed by atoms with Gasteiger partial charge in [-0.25, -0.2) is 9.97 Å². The van der Waals surface area contributed by atoms with Crippen LogP contribution in [0.4, 0.5) is 0 Å². The lowest BCUT2D eigenvalue weighted by Gasteiger charge is -2.16. The highest BCUT2D eigenvalue weighted by atomic mass is 32.1. The number of thiazole rings is 1. The Kier molecular flexibility index (Phi) is 4.03. The van der Waals surface area contributed by atoms with E-state index in [4.69, 9.17) is 10.6 Å². The monoisotopic (exact) mass is 250 g/mol. The Morgan fingerprint density at radius 3 is 3.00 bits per heavy atom. The Balaban J connectivity index is 2.22. The third-order valence-corrected chi connectivity index (χ3v) is 3.23. The molecule has 17 heavy (non-hydrogen) atoms. The highest BCUT2D eigenvalue weighted by Gasteiger charge is 2.16. The van der Waals surface area contributed by atoms with Gasteiger partial charge in [-0.2, -0.15) is 0 Å². The molecule has 0 bridgehead atoms. The van der Waals surface area contributed by atoms with Crippen molar-refractivity contribution in [2.75, 3.05) is 7.11 Å². The normalized spacial score (nSPS) is 12.4. The zero-order valence-corrected chi connectivity index (χ0v) is 10.3. The van der Waals surface area contributed by atoms with Crippen LogP contribution >= 0.6 is 11.3 Å². The third kappa shape index (κ3) is 2.79. The number of pyridine rings is 1. The summed E-state index contributed by atoms with van der Waals surface area (Å²) in [4.78, 5) is 8.41. The van der Waals surface area contributed by atoms with Crippen LogP contribution in [0.25, 0.3) is 0 Å². The lowest BCUT2D eigenvalue weighted by atomic mass is 10.1. The predicted octanol–water partition coefficient (Wildman–Crippen LogP) is 1.29. The topological polar surface area (TPSA) is 73.1 Å². The summed E-state index contributed by atoms with van der Waals surface area (Å²) in [5.41, 5.74) is 3.72. The van der Waals surface area contributed by atoms with Crippen molar-refractivity contribution in [3.05, 3.63) is 40.5 Å². The van der Waals surface area contributed by atoms with Crippen LogP contribution in [0.3, 0.4) is 0 Å². The summed E-state index contributed by atoms with van der Waals surface area (Å²) in [7, 11) is 1.60. The maximum atomic E-state index is 5.59. The molecule has 0 fully saturated rings. The van der Waals surface area contributed by atoms with Crippen molar-refractivity contribution < 1.29 is 4.74 Å². The molecule has 3 N–H and O–H groups in total. The second kappa shape index (κ2) is 5.72. The molecule has 6 heteroatoms. The van der Waals surface area contributed by atoms with Gasteiger partial charge in [0.05, 0.1) is 18.2 Å². The minimum atomic E-state index is -0.0511. The van der Waals surface area contributed by atoms with E-state index in [1.807, 2.05) is 17.5 Å². The maximum Gasteiger partial charge on any atom is 0.217 e. The van der Waals surface area contributed by atoms with Gasteiger partial charge in [-0.05, 0) is 6.07 Å². The van der Waals surface area contributed by atoms with Crippen molar-refractivity contribution in [2.45, 2.75) is 12.5 Å². The molecule has 2 rings (SSSR count). The highest BCUT2D eigenvalue weighted by molar-refractivity contribution is 7.09. The van der Waals surface area contributed by atoms with Gasteiger partial charge >= 0.3 is 0 Å². The Morgan fingerprint density at radius 2 is 2.35 bits per heavy atom. The zero-order valence-electron chi connectivity index (χ0n) is 9.46. The molecule has 1 atom stereocenters. The minimum Gasteiger partial charge on any atom is -0.481 e. The van der Waals surface area contributed by atoms with Crippen LogP contribution in [0.5, 0.6) is 5.88 Å². The van der Waals surface area contributed by atoms with Crippen LogP contribution in [0.15, 0.2) is 29.9 Å². The largest absolute Gasteiger partial charge is 0.481 e. The van der Waals surface area contributed by atoms with E-state index in [1.54, 1.807) is 30.8 Å². The molecule has 0 saturated carbocycles. The molecule has 0 amide bonds. The highest BCUT2D eigenvalue weighted by Crippen LogP contribution is 2.25. The first-order valence-electron chi connectivity index (χ1n) is 5.18. The Bertz CT molecular complexity index is 460. The standard InChI is InChI=1S/C11H14N4OS/c1-16-11-8(3-2-4-14-11)9(15-12)7-10-13-5-6-17-10/h2-6,9,15H,7,12H2,1H3. The van der Waals surface area contributed by atoms with Crippen molar-refractivity contribution in [3.63, 3.8) is 0 Å². The third-order valence-electron chi connectivity index (χ3n) is 2.43. The first-order chi connectivity index (χ1) is 8.35. The Labute approximate surface area is 104 Å². The number of methoxy groups -OCH3 is 1. The van der Waals surface area contributed by atoms with E-state index >= 15 is 0 Å². The molecule has 5 nitrogen and oxygen atoms in total. The van der Waals surface area contributed by atoms with Crippen molar-refractivity contribution in [1.82, 2.24) is 15.4 Å². The number of nitrogens with two attached hydrogens (primary N) is 1. The molecular weight excluding hydrogens is 236 g/mol. The summed E-state index contributed by atoms with van der Waals surface area (Å²) in [6.07, 6.45) is 4.20. The summed E-state index contributed by atoms with van der Waals surface area (Å²) in [5, 5.41) is 2.97. The van der Waals surface area contributed by atoms with Gasteiger partial charge < -0.3 is 4.74 Å². The van der Waals surface area contributed by atoms with E-state index < -0.39 is 0 Å². The van der Waals surface area contributed by atoms with Crippen LogP contribution in [-0.2, 0) is 6.42 Å². The zero-order chi connectivity index (χ0) is 12.1. The number of nitrogens with one attached hydrogen (secondary N) is 1. The second-order valence-corrected chi connectivity index (χ2v) is 4.43. The van der Waals surface area contributed by atoms with Crippen LogP contribution in [0, 0.1) is 0 Å². The fraction of sp³-hybridized carbons (Fsp3) is 0.273. The Morgan fingerprint density at radius 1 is 1.47 bits per heavy atom. The first kappa shape index (κ1) is 12.0. The van der Waals surface area contributed by atoms with E-state index in [1.165, 1.54) is 0 Å². The van der Waals surface area contributed by atoms with Crippen LogP contribution in [0.1, 0.15) is 16.6 Å². The van der Waals surface area contributed by atoms with Gasteiger partial charge in [-0.1, -0.05) is 6.07 Å². The van der Waals surface area contributed by atoms with Crippen LogP contribution in [0.2, 0.25) is 0 Å². The summed E-state index contributed by atoms with van der Waals surface area (Å²) >= 11 is 1.61. The molecule has 0 aromatic carbocycles. The Hall–Kier alpha value is -1.50. The van der Waals surface area contributed by atoms with Gasteiger partial charge in [0.1, 0.15) is 0 Å². The van der Waals surface area contributed by atoms with Crippen molar-refractivity contribution >= 4 is 11.3 Å². The quantitative estimate of drug-likeness (QED) is 0.618. The SMILES string of the molecule is COc1ncccc1C(Cc1nccs1)NN. The fourth-order valence-corrected chi connectivity index (χ4v) is 2.29. The summed E-state index contributed by atoms with van der Waals surface area (Å²) in [6.45, 7) is 0. The fourth-order valence-electron chi connectivity index (χ4n) is 1.63. The molecule has 90 valence electrons. The van der Waals surface area contributed by atoms with E-state index in [-0.39, 0.29) is 6.04 Å². The molecule has 2 aromatic heterocycles. The van der Waals surface area contributed by atoms with E-state index in [9.17, 15) is 0 Å². The molecule has 0 radical (unpaired) electrons. The van der Waals surface area contributed by atoms with Crippen molar-refractivity contribution in [3.8, 4) is 5.88 Å². The van der Waals surface area contributed by atoms with Gasteiger partial charge in [-0.15, -0.1) is 11.3 Å². The predicted molar refractivity (Wildman–Crippen MR) is 66.7 cm³/mol. The lowest BCUT2D eigenvalue weighted by Crippen LogP contribution is -2.30. The van der Waals surface area contributed by atoms with Gasteiger partial charge in [-0.3, -0.25) is 11.3 Å². The molecule has 0 aliphatic carbocycles. The minimum absolute atomic E-state index is 0.0511. The molecule has 2 heterocycles. The average Bonchev–Trinajstić information content (AvgIpc) is 2.89. The number of aromatic nitrogens is 2. The second-order valence-electron chi connectivity index (χ2n) is 3.45. The molecule has 0 aliphatic rings. The molecular formula is C11H14N4OS. The number of rotatable bonds is 5. The van der Waals surface area contributed by atoms with Gasteiger partial charge in [0.15, 0.2) is 0 Å².